The minimum Gasteiger partial charge on any atom is -0.492 e. The fourth-order valence-electron chi connectivity index (χ4n) is 2.13. The molecular formula is C16H24O5S. The number of benzene rings is 1. The van der Waals surface area contributed by atoms with Gasteiger partial charge in [-0.05, 0) is 30.5 Å². The molecule has 0 N–H and O–H groups in total. The predicted molar refractivity (Wildman–Crippen MR) is 85.3 cm³/mol. The number of sulfone groups is 1. The number of rotatable bonds is 8. The summed E-state index contributed by atoms with van der Waals surface area (Å²) in [5.74, 6) is -0.234. The Balaban J connectivity index is 3.26. The summed E-state index contributed by atoms with van der Waals surface area (Å²) >= 11 is 0. The first-order valence-electron chi connectivity index (χ1n) is 7.43. The van der Waals surface area contributed by atoms with Crippen LogP contribution in [0, 0.1) is 0 Å². The van der Waals surface area contributed by atoms with Crippen LogP contribution in [-0.2, 0) is 21.0 Å². The third kappa shape index (κ3) is 4.73. The molecule has 0 unspecified atom stereocenters. The molecule has 0 aliphatic heterocycles. The molecule has 0 radical (unpaired) electrons. The summed E-state index contributed by atoms with van der Waals surface area (Å²) in [6.07, 6.45) is 4.63. The lowest BCUT2D eigenvalue weighted by atomic mass is 10.0. The van der Waals surface area contributed by atoms with Gasteiger partial charge in [0.25, 0.3) is 0 Å². The zero-order valence-corrected chi connectivity index (χ0v) is 14.5. The summed E-state index contributed by atoms with van der Waals surface area (Å²) < 4.78 is 34.3. The van der Waals surface area contributed by atoms with Gasteiger partial charge in [-0.1, -0.05) is 26.7 Å². The summed E-state index contributed by atoms with van der Waals surface area (Å²) in [6.45, 7) is 4.43. The van der Waals surface area contributed by atoms with Crippen molar-refractivity contribution in [3.63, 3.8) is 0 Å². The van der Waals surface area contributed by atoms with Crippen LogP contribution in [0.25, 0.3) is 0 Å². The average molecular weight is 328 g/mol. The van der Waals surface area contributed by atoms with E-state index in [1.807, 2.05) is 6.92 Å². The second-order valence-electron chi connectivity index (χ2n) is 5.13. The molecule has 0 saturated carbocycles. The molecule has 0 aliphatic rings. The second kappa shape index (κ2) is 8.17. The molecular weight excluding hydrogens is 304 g/mol. The molecule has 0 saturated heterocycles. The molecule has 0 atom stereocenters. The Kier molecular flexibility index (Phi) is 6.87. The normalized spacial score (nSPS) is 11.3. The van der Waals surface area contributed by atoms with Gasteiger partial charge >= 0.3 is 5.97 Å². The van der Waals surface area contributed by atoms with Gasteiger partial charge in [-0.25, -0.2) is 13.2 Å². The van der Waals surface area contributed by atoms with Gasteiger partial charge in [0.05, 0.1) is 19.3 Å². The molecule has 1 aromatic carbocycles. The Morgan fingerprint density at radius 3 is 2.36 bits per heavy atom. The smallest absolute Gasteiger partial charge is 0.338 e. The second-order valence-corrected chi connectivity index (χ2v) is 7.11. The first kappa shape index (κ1) is 18.5. The monoisotopic (exact) mass is 328 g/mol. The zero-order valence-electron chi connectivity index (χ0n) is 13.6. The van der Waals surface area contributed by atoms with Crippen LogP contribution in [0.5, 0.6) is 5.75 Å². The molecule has 22 heavy (non-hydrogen) atoms. The maximum atomic E-state index is 12.0. The maximum absolute atomic E-state index is 12.0. The molecule has 5 nitrogen and oxygen atoms in total. The van der Waals surface area contributed by atoms with E-state index in [4.69, 9.17) is 9.47 Å². The first-order valence-corrected chi connectivity index (χ1v) is 9.32. The van der Waals surface area contributed by atoms with Crippen molar-refractivity contribution >= 4 is 15.8 Å². The van der Waals surface area contributed by atoms with Gasteiger partial charge in [0, 0.05) is 6.26 Å². The number of ether oxygens (including phenoxy) is 2. The number of methoxy groups -OCH3 is 1. The predicted octanol–water partition coefficient (Wildman–Crippen LogP) is 3.01. The van der Waals surface area contributed by atoms with Gasteiger partial charge < -0.3 is 9.47 Å². The fraction of sp³-hybridized carbons (Fsp3) is 0.562. The van der Waals surface area contributed by atoms with Crippen LogP contribution in [0.15, 0.2) is 17.0 Å². The van der Waals surface area contributed by atoms with Crippen LogP contribution in [-0.4, -0.2) is 34.4 Å². The van der Waals surface area contributed by atoms with Crippen molar-refractivity contribution < 1.29 is 22.7 Å². The number of aryl methyl sites for hydroxylation is 1. The van der Waals surface area contributed by atoms with Crippen molar-refractivity contribution in [2.24, 2.45) is 0 Å². The molecule has 1 aromatic rings. The number of hydrogen-bond donors (Lipinski definition) is 0. The van der Waals surface area contributed by atoms with E-state index in [0.29, 0.717) is 24.3 Å². The van der Waals surface area contributed by atoms with Crippen molar-refractivity contribution in [1.82, 2.24) is 0 Å². The maximum Gasteiger partial charge on any atom is 0.338 e. The third-order valence-corrected chi connectivity index (χ3v) is 4.48. The van der Waals surface area contributed by atoms with Crippen LogP contribution in [0.3, 0.4) is 0 Å². The minimum absolute atomic E-state index is 0.0293. The van der Waals surface area contributed by atoms with Crippen LogP contribution in [0.2, 0.25) is 0 Å². The molecule has 0 amide bonds. The highest BCUT2D eigenvalue weighted by Crippen LogP contribution is 2.29. The van der Waals surface area contributed by atoms with Crippen molar-refractivity contribution in [2.45, 2.75) is 44.4 Å². The highest BCUT2D eigenvalue weighted by Gasteiger charge is 2.21. The quantitative estimate of drug-likeness (QED) is 0.542. The lowest BCUT2D eigenvalue weighted by molar-refractivity contribution is 0.0599. The Bertz CT molecular complexity index is 620. The summed E-state index contributed by atoms with van der Waals surface area (Å²) in [7, 11) is -2.22. The van der Waals surface area contributed by atoms with E-state index in [2.05, 4.69) is 6.92 Å². The average Bonchev–Trinajstić information content (AvgIpc) is 2.49. The Hall–Kier alpha value is -1.56. The molecule has 0 aromatic heterocycles. The fourth-order valence-corrected chi connectivity index (χ4v) is 2.95. The highest BCUT2D eigenvalue weighted by molar-refractivity contribution is 7.90. The summed E-state index contributed by atoms with van der Waals surface area (Å²) in [6, 6.07) is 2.99. The zero-order chi connectivity index (χ0) is 16.8. The van der Waals surface area contributed by atoms with Gasteiger partial charge in [-0.3, -0.25) is 0 Å². The molecule has 124 valence electrons. The van der Waals surface area contributed by atoms with Crippen molar-refractivity contribution in [1.29, 1.82) is 0 Å². The van der Waals surface area contributed by atoms with Crippen LogP contribution in [0.1, 0.15) is 49.0 Å². The Morgan fingerprint density at radius 1 is 1.18 bits per heavy atom. The lowest BCUT2D eigenvalue weighted by Gasteiger charge is -2.14. The van der Waals surface area contributed by atoms with E-state index in [0.717, 1.165) is 25.5 Å². The van der Waals surface area contributed by atoms with Crippen LogP contribution < -0.4 is 4.74 Å². The SMILES string of the molecule is CCCCCOc1cc(CC)c(C(=O)OC)cc1S(C)(=O)=O. The van der Waals surface area contributed by atoms with E-state index in [1.165, 1.54) is 13.2 Å². The molecule has 0 spiro atoms. The largest absolute Gasteiger partial charge is 0.492 e. The third-order valence-electron chi connectivity index (χ3n) is 3.36. The molecule has 0 bridgehead atoms. The number of carbonyl (C=O) groups excluding carboxylic acids is 1. The number of hydrogen-bond acceptors (Lipinski definition) is 5. The molecule has 0 heterocycles. The van der Waals surface area contributed by atoms with E-state index in [9.17, 15) is 13.2 Å². The molecule has 6 heteroatoms. The van der Waals surface area contributed by atoms with E-state index >= 15 is 0 Å². The van der Waals surface area contributed by atoms with Crippen LogP contribution in [0.4, 0.5) is 0 Å². The number of carbonyl (C=O) groups is 1. The molecule has 0 fully saturated rings. The van der Waals surface area contributed by atoms with E-state index in [-0.39, 0.29) is 10.5 Å². The van der Waals surface area contributed by atoms with E-state index in [1.54, 1.807) is 6.07 Å². The standard InChI is InChI=1S/C16H24O5S/c1-5-7-8-9-21-14-10-12(6-2)13(16(17)20-3)11-15(14)22(4,18)19/h10-11H,5-9H2,1-4H3. The summed E-state index contributed by atoms with van der Waals surface area (Å²) in [4.78, 5) is 11.9. The summed E-state index contributed by atoms with van der Waals surface area (Å²) in [5, 5.41) is 0. The first-order chi connectivity index (χ1) is 10.3. The topological polar surface area (TPSA) is 69.7 Å². The Morgan fingerprint density at radius 2 is 1.86 bits per heavy atom. The van der Waals surface area contributed by atoms with Gasteiger partial charge in [-0.2, -0.15) is 0 Å². The number of esters is 1. The van der Waals surface area contributed by atoms with Crippen LogP contribution >= 0.6 is 0 Å². The molecule has 0 aliphatic carbocycles. The van der Waals surface area contributed by atoms with Gasteiger partial charge in [0.15, 0.2) is 9.84 Å². The number of unbranched alkanes of at least 4 members (excludes halogenated alkanes) is 2. The van der Waals surface area contributed by atoms with Crippen molar-refractivity contribution in [3.05, 3.63) is 23.3 Å². The minimum atomic E-state index is -3.50. The van der Waals surface area contributed by atoms with Crippen molar-refractivity contribution in [2.75, 3.05) is 20.0 Å². The van der Waals surface area contributed by atoms with Gasteiger partial charge in [0.1, 0.15) is 10.6 Å². The van der Waals surface area contributed by atoms with Gasteiger partial charge in [0.2, 0.25) is 0 Å². The summed E-state index contributed by atoms with van der Waals surface area (Å²) in [5.41, 5.74) is 0.982. The lowest BCUT2D eigenvalue weighted by Crippen LogP contribution is -2.11. The van der Waals surface area contributed by atoms with Crippen molar-refractivity contribution in [3.8, 4) is 5.75 Å². The van der Waals surface area contributed by atoms with Gasteiger partial charge in [-0.15, -0.1) is 0 Å². The molecule has 1 rings (SSSR count). The Labute approximate surface area is 132 Å². The highest BCUT2D eigenvalue weighted by atomic mass is 32.2. The van der Waals surface area contributed by atoms with E-state index < -0.39 is 15.8 Å².